The van der Waals surface area contributed by atoms with Crippen molar-refractivity contribution in [2.45, 2.75) is 18.5 Å². The monoisotopic (exact) mass is 373 g/mol. The number of halogens is 3. The summed E-state index contributed by atoms with van der Waals surface area (Å²) in [6, 6.07) is 11.2. The molecule has 2 N–H and O–H groups in total. The second-order valence-corrected chi connectivity index (χ2v) is 6.29. The van der Waals surface area contributed by atoms with E-state index >= 15 is 0 Å². The van der Waals surface area contributed by atoms with Crippen molar-refractivity contribution in [3.05, 3.63) is 71.7 Å². The number of nitrogens with one attached hydrogen (secondary N) is 1. The molecule has 8 heteroatoms. The summed E-state index contributed by atoms with van der Waals surface area (Å²) in [6.07, 6.45) is -2.78. The minimum absolute atomic E-state index is 0.0854. The predicted molar refractivity (Wildman–Crippen MR) is 91.8 cm³/mol. The quantitative estimate of drug-likeness (QED) is 0.712. The Bertz CT molecular complexity index is 1010. The first kappa shape index (κ1) is 17.1. The summed E-state index contributed by atoms with van der Waals surface area (Å²) in [5.41, 5.74) is 1.04. The molecule has 1 amide bonds. The maximum atomic E-state index is 12.8. The molecule has 0 saturated heterocycles. The summed E-state index contributed by atoms with van der Waals surface area (Å²) < 4.78 is 39.8. The summed E-state index contributed by atoms with van der Waals surface area (Å²) in [7, 11) is 0. The number of anilines is 1. The fraction of sp³-hybridized carbons (Fsp3) is 0.158. The van der Waals surface area contributed by atoms with Crippen LogP contribution in [-0.2, 0) is 11.0 Å². The number of nitrogens with zero attached hydrogens (tertiary/aromatic N) is 2. The Labute approximate surface area is 152 Å². The van der Waals surface area contributed by atoms with Crippen LogP contribution in [0, 0.1) is 0 Å². The normalized spacial score (nSPS) is 16.7. The van der Waals surface area contributed by atoms with Crippen LogP contribution < -0.4 is 5.32 Å². The third-order valence-corrected chi connectivity index (χ3v) is 4.52. The number of fused-ring (bicyclic) bond motifs is 1. The summed E-state index contributed by atoms with van der Waals surface area (Å²) in [5, 5.41) is 12.5. The van der Waals surface area contributed by atoms with Gasteiger partial charge in [-0.15, -0.1) is 0 Å². The molecule has 0 radical (unpaired) electrons. The molecule has 0 bridgehead atoms. The molecule has 138 valence electrons. The lowest BCUT2D eigenvalue weighted by atomic mass is 9.90. The first-order valence-corrected chi connectivity index (χ1v) is 8.16. The highest BCUT2D eigenvalue weighted by Crippen LogP contribution is 2.38. The Morgan fingerprint density at radius 3 is 2.56 bits per heavy atom. The maximum absolute atomic E-state index is 12.8. The van der Waals surface area contributed by atoms with Gasteiger partial charge in [-0.3, -0.25) is 9.36 Å². The average Bonchev–Trinajstić information content (AvgIpc) is 3.04. The minimum Gasteiger partial charge on any atom is -0.508 e. The van der Waals surface area contributed by atoms with Crippen molar-refractivity contribution in [3.63, 3.8) is 0 Å². The van der Waals surface area contributed by atoms with Gasteiger partial charge in [0.25, 0.3) is 0 Å². The first-order valence-electron chi connectivity index (χ1n) is 8.16. The molecule has 1 aliphatic heterocycles. The number of imidazole rings is 1. The van der Waals surface area contributed by atoms with Crippen LogP contribution >= 0.6 is 0 Å². The van der Waals surface area contributed by atoms with E-state index in [1.165, 1.54) is 24.5 Å². The summed E-state index contributed by atoms with van der Waals surface area (Å²) in [6.45, 7) is 0. The lowest BCUT2D eigenvalue weighted by Gasteiger charge is -2.23. The van der Waals surface area contributed by atoms with Gasteiger partial charge in [0.15, 0.2) is 0 Å². The number of carbonyl (C=O) groups is 1. The zero-order valence-electron chi connectivity index (χ0n) is 13.9. The number of rotatable bonds is 2. The zero-order valence-corrected chi connectivity index (χ0v) is 13.9. The van der Waals surface area contributed by atoms with Gasteiger partial charge in [0.2, 0.25) is 5.91 Å². The molecule has 0 aliphatic carbocycles. The molecular formula is C19H14F3N3O2. The van der Waals surface area contributed by atoms with Crippen LogP contribution in [0.15, 0.2) is 54.9 Å². The van der Waals surface area contributed by atoms with Gasteiger partial charge < -0.3 is 10.4 Å². The van der Waals surface area contributed by atoms with Gasteiger partial charge in [-0.25, -0.2) is 4.98 Å². The van der Waals surface area contributed by atoms with Gasteiger partial charge in [-0.05, 0) is 42.0 Å². The smallest absolute Gasteiger partial charge is 0.416 e. The Morgan fingerprint density at radius 2 is 1.89 bits per heavy atom. The topological polar surface area (TPSA) is 67.1 Å². The van der Waals surface area contributed by atoms with Crippen molar-refractivity contribution in [2.24, 2.45) is 0 Å². The van der Waals surface area contributed by atoms with E-state index < -0.39 is 11.7 Å². The van der Waals surface area contributed by atoms with E-state index in [0.717, 1.165) is 17.7 Å². The van der Waals surface area contributed by atoms with Gasteiger partial charge in [0, 0.05) is 18.0 Å². The van der Waals surface area contributed by atoms with Crippen molar-refractivity contribution in [1.29, 1.82) is 0 Å². The number of aromatic nitrogens is 2. The summed E-state index contributed by atoms with van der Waals surface area (Å²) in [5.74, 6) is -0.0809. The van der Waals surface area contributed by atoms with Gasteiger partial charge in [0.05, 0.1) is 11.3 Å². The highest BCUT2D eigenvalue weighted by Gasteiger charge is 2.32. The number of hydrogen-bond acceptors (Lipinski definition) is 3. The maximum Gasteiger partial charge on any atom is 0.416 e. The van der Waals surface area contributed by atoms with Crippen LogP contribution in [-0.4, -0.2) is 20.6 Å². The number of amides is 1. The molecule has 2 heterocycles. The van der Waals surface area contributed by atoms with Crippen LogP contribution in [0.2, 0.25) is 0 Å². The number of phenolic OH excluding ortho intramolecular Hbond substituents is 1. The van der Waals surface area contributed by atoms with Crippen LogP contribution in [0.3, 0.4) is 0 Å². The molecule has 1 atom stereocenters. The van der Waals surface area contributed by atoms with Crippen molar-refractivity contribution < 1.29 is 23.1 Å². The zero-order chi connectivity index (χ0) is 19.2. The molecule has 0 saturated carbocycles. The van der Waals surface area contributed by atoms with E-state index in [0.29, 0.717) is 17.2 Å². The van der Waals surface area contributed by atoms with E-state index in [1.54, 1.807) is 22.8 Å². The van der Waals surface area contributed by atoms with E-state index in [-0.39, 0.29) is 24.0 Å². The van der Waals surface area contributed by atoms with Crippen molar-refractivity contribution >= 4 is 11.7 Å². The molecule has 0 fully saturated rings. The van der Waals surface area contributed by atoms with Crippen molar-refractivity contribution in [3.8, 4) is 11.4 Å². The van der Waals surface area contributed by atoms with Crippen LogP contribution in [0.4, 0.5) is 19.0 Å². The van der Waals surface area contributed by atoms with Gasteiger partial charge in [-0.2, -0.15) is 13.2 Å². The van der Waals surface area contributed by atoms with Gasteiger partial charge in [0.1, 0.15) is 17.9 Å². The minimum atomic E-state index is -4.42. The number of benzene rings is 2. The van der Waals surface area contributed by atoms with Crippen LogP contribution in [0.25, 0.3) is 5.69 Å². The molecule has 27 heavy (non-hydrogen) atoms. The lowest BCUT2D eigenvalue weighted by Crippen LogP contribution is -2.24. The van der Waals surface area contributed by atoms with E-state index in [1.807, 2.05) is 0 Å². The Balaban J connectivity index is 1.75. The fourth-order valence-corrected chi connectivity index (χ4v) is 3.23. The average molecular weight is 373 g/mol. The van der Waals surface area contributed by atoms with Crippen LogP contribution in [0.1, 0.15) is 29.2 Å². The second-order valence-electron chi connectivity index (χ2n) is 6.29. The molecule has 1 unspecified atom stereocenters. The van der Waals surface area contributed by atoms with Crippen molar-refractivity contribution in [1.82, 2.24) is 9.55 Å². The number of phenols is 1. The Hall–Kier alpha value is -3.29. The molecular weight excluding hydrogens is 359 g/mol. The van der Waals surface area contributed by atoms with Crippen LogP contribution in [0.5, 0.6) is 5.75 Å². The van der Waals surface area contributed by atoms with Gasteiger partial charge >= 0.3 is 6.18 Å². The largest absolute Gasteiger partial charge is 0.508 e. The fourth-order valence-electron chi connectivity index (χ4n) is 3.23. The van der Waals surface area contributed by atoms with E-state index in [9.17, 15) is 23.1 Å². The SMILES string of the molecule is O=C1CC(c2cccc(O)c2)c2ncn(-c3ccc(C(F)(F)F)cc3)c2N1. The number of hydrogen-bond donors (Lipinski definition) is 2. The van der Waals surface area contributed by atoms with Crippen molar-refractivity contribution in [2.75, 3.05) is 5.32 Å². The molecule has 2 aromatic carbocycles. The molecule has 1 aliphatic rings. The first-order chi connectivity index (χ1) is 12.8. The second kappa shape index (κ2) is 6.15. The van der Waals surface area contributed by atoms with E-state index in [2.05, 4.69) is 10.3 Å². The molecule has 4 rings (SSSR count). The third-order valence-electron chi connectivity index (χ3n) is 4.52. The number of aromatic hydroxyl groups is 1. The standard InChI is InChI=1S/C19H14F3N3O2/c20-19(21,22)12-4-6-13(7-5-12)25-10-23-17-15(9-16(27)24-18(17)25)11-2-1-3-14(26)8-11/h1-8,10,15,26H,9H2,(H,24,27). The highest BCUT2D eigenvalue weighted by molar-refractivity contribution is 5.94. The molecule has 0 spiro atoms. The Kier molecular flexibility index (Phi) is 3.91. The van der Waals surface area contributed by atoms with Gasteiger partial charge in [-0.1, -0.05) is 12.1 Å². The number of alkyl halides is 3. The van der Waals surface area contributed by atoms with E-state index in [4.69, 9.17) is 0 Å². The number of carbonyl (C=O) groups excluding carboxylic acids is 1. The Morgan fingerprint density at radius 1 is 1.15 bits per heavy atom. The summed E-state index contributed by atoms with van der Waals surface area (Å²) in [4.78, 5) is 16.6. The summed E-state index contributed by atoms with van der Waals surface area (Å²) >= 11 is 0. The predicted octanol–water partition coefficient (Wildman–Crippen LogP) is 4.07. The molecule has 5 nitrogen and oxygen atoms in total. The molecule has 3 aromatic rings. The molecule has 1 aromatic heterocycles. The lowest BCUT2D eigenvalue weighted by molar-refractivity contribution is -0.137. The third kappa shape index (κ3) is 3.14. The highest BCUT2D eigenvalue weighted by atomic mass is 19.4.